The first-order valence-corrected chi connectivity index (χ1v) is 5.64. The Hall–Kier alpha value is -2.47. The third kappa shape index (κ3) is 3.05. The molecule has 2 aromatic rings. The van der Waals surface area contributed by atoms with Gasteiger partial charge >= 0.3 is 0 Å². The van der Waals surface area contributed by atoms with Crippen molar-refractivity contribution < 1.29 is 15.0 Å². The van der Waals surface area contributed by atoms with Crippen molar-refractivity contribution in [1.29, 1.82) is 0 Å². The monoisotopic (exact) mass is 279 g/mol. The number of aromatic nitrogens is 1. The Bertz CT molecular complexity index is 617. The summed E-state index contributed by atoms with van der Waals surface area (Å²) >= 11 is 5.66. The smallest absolute Gasteiger partial charge is 0.287 e. The molecule has 0 spiro atoms. The number of hydrogen-bond donors (Lipinski definition) is 4. The summed E-state index contributed by atoms with van der Waals surface area (Å²) in [6, 6.07) is 5.73. The van der Waals surface area contributed by atoms with Crippen molar-refractivity contribution in [2.24, 2.45) is 5.10 Å². The fourth-order valence-corrected chi connectivity index (χ4v) is 1.55. The first kappa shape index (κ1) is 13.0. The van der Waals surface area contributed by atoms with Crippen LogP contribution in [0.4, 0.5) is 0 Å². The van der Waals surface area contributed by atoms with Crippen LogP contribution < -0.4 is 5.43 Å². The van der Waals surface area contributed by atoms with Crippen LogP contribution in [0, 0.1) is 0 Å². The van der Waals surface area contributed by atoms with E-state index in [1.165, 1.54) is 30.5 Å². The lowest BCUT2D eigenvalue weighted by atomic mass is 10.2. The average Bonchev–Trinajstić information content (AvgIpc) is 2.79. The van der Waals surface area contributed by atoms with Crippen LogP contribution in [0.2, 0.25) is 5.02 Å². The Morgan fingerprint density at radius 3 is 2.63 bits per heavy atom. The van der Waals surface area contributed by atoms with Gasteiger partial charge in [0.2, 0.25) is 0 Å². The van der Waals surface area contributed by atoms with Gasteiger partial charge in [0, 0.05) is 6.20 Å². The molecule has 1 aromatic heterocycles. The SMILES string of the molecule is O=C(N/N=C/c1c(O)cccc1O)c1cc(Cl)c[nH]1. The van der Waals surface area contributed by atoms with Crippen molar-refractivity contribution >= 4 is 23.7 Å². The molecule has 0 aliphatic rings. The molecule has 0 saturated heterocycles. The molecular weight excluding hydrogens is 270 g/mol. The van der Waals surface area contributed by atoms with Crippen molar-refractivity contribution in [3.05, 3.63) is 46.7 Å². The first-order valence-electron chi connectivity index (χ1n) is 5.26. The van der Waals surface area contributed by atoms with Crippen LogP contribution in [0.25, 0.3) is 0 Å². The largest absolute Gasteiger partial charge is 0.507 e. The van der Waals surface area contributed by atoms with E-state index in [-0.39, 0.29) is 22.8 Å². The Morgan fingerprint density at radius 1 is 1.37 bits per heavy atom. The molecule has 1 aromatic carbocycles. The van der Waals surface area contributed by atoms with E-state index < -0.39 is 5.91 Å². The van der Waals surface area contributed by atoms with Crippen molar-refractivity contribution in [1.82, 2.24) is 10.4 Å². The van der Waals surface area contributed by atoms with Crippen LogP contribution >= 0.6 is 11.6 Å². The highest BCUT2D eigenvalue weighted by Crippen LogP contribution is 2.23. The van der Waals surface area contributed by atoms with E-state index in [2.05, 4.69) is 15.5 Å². The molecule has 19 heavy (non-hydrogen) atoms. The second kappa shape index (κ2) is 5.45. The predicted molar refractivity (Wildman–Crippen MR) is 70.6 cm³/mol. The lowest BCUT2D eigenvalue weighted by Gasteiger charge is -2.01. The lowest BCUT2D eigenvalue weighted by molar-refractivity contribution is 0.0950. The van der Waals surface area contributed by atoms with Gasteiger partial charge in [-0.15, -0.1) is 0 Å². The molecule has 0 unspecified atom stereocenters. The van der Waals surface area contributed by atoms with E-state index >= 15 is 0 Å². The topological polar surface area (TPSA) is 97.7 Å². The van der Waals surface area contributed by atoms with Gasteiger partial charge in [0.05, 0.1) is 16.8 Å². The Labute approximate surface area is 113 Å². The number of hydrogen-bond acceptors (Lipinski definition) is 4. The Morgan fingerprint density at radius 2 is 2.05 bits per heavy atom. The number of hydrazone groups is 1. The third-order valence-corrected chi connectivity index (χ3v) is 2.53. The van der Waals surface area contributed by atoms with E-state index in [1.807, 2.05) is 0 Å². The number of nitrogens with zero attached hydrogens (tertiary/aromatic N) is 1. The van der Waals surface area contributed by atoms with Crippen molar-refractivity contribution in [3.8, 4) is 11.5 Å². The van der Waals surface area contributed by atoms with E-state index in [0.717, 1.165) is 6.21 Å². The van der Waals surface area contributed by atoms with Gasteiger partial charge in [0.1, 0.15) is 17.2 Å². The van der Waals surface area contributed by atoms with E-state index in [9.17, 15) is 15.0 Å². The molecule has 1 heterocycles. The second-order valence-electron chi connectivity index (χ2n) is 3.64. The lowest BCUT2D eigenvalue weighted by Crippen LogP contribution is -2.17. The highest BCUT2D eigenvalue weighted by Gasteiger charge is 2.07. The van der Waals surface area contributed by atoms with Crippen molar-refractivity contribution in [3.63, 3.8) is 0 Å². The van der Waals surface area contributed by atoms with Gasteiger partial charge in [0.15, 0.2) is 0 Å². The molecular formula is C12H10ClN3O3. The van der Waals surface area contributed by atoms with E-state index in [4.69, 9.17) is 11.6 Å². The molecule has 1 amide bonds. The molecule has 0 atom stereocenters. The molecule has 2 rings (SSSR count). The molecule has 0 saturated carbocycles. The van der Waals surface area contributed by atoms with Gasteiger partial charge in [-0.05, 0) is 18.2 Å². The standard InChI is InChI=1S/C12H10ClN3O3/c13-7-4-9(14-5-7)12(19)16-15-6-8-10(17)2-1-3-11(8)18/h1-6,14,17-18H,(H,16,19)/b15-6+. The molecule has 0 bridgehead atoms. The minimum Gasteiger partial charge on any atom is -0.507 e. The summed E-state index contributed by atoms with van der Waals surface area (Å²) in [6.07, 6.45) is 2.61. The Kier molecular flexibility index (Phi) is 3.72. The predicted octanol–water partition coefficient (Wildman–Crippen LogP) is 1.84. The van der Waals surface area contributed by atoms with Crippen LogP contribution in [-0.4, -0.2) is 27.3 Å². The minimum absolute atomic E-state index is 0.118. The number of halogens is 1. The molecule has 0 aliphatic heterocycles. The number of carbonyl (C=O) groups excluding carboxylic acids is 1. The van der Waals surface area contributed by atoms with Gasteiger partial charge in [-0.25, -0.2) is 5.43 Å². The van der Waals surface area contributed by atoms with Gasteiger partial charge in [-0.2, -0.15) is 5.10 Å². The van der Waals surface area contributed by atoms with Gasteiger partial charge in [-0.1, -0.05) is 17.7 Å². The second-order valence-corrected chi connectivity index (χ2v) is 4.08. The highest BCUT2D eigenvalue weighted by molar-refractivity contribution is 6.30. The zero-order chi connectivity index (χ0) is 13.8. The summed E-state index contributed by atoms with van der Waals surface area (Å²) in [6.45, 7) is 0. The van der Waals surface area contributed by atoms with Crippen LogP contribution in [-0.2, 0) is 0 Å². The van der Waals surface area contributed by atoms with Crippen molar-refractivity contribution in [2.75, 3.05) is 0 Å². The third-order valence-electron chi connectivity index (χ3n) is 2.31. The normalized spacial score (nSPS) is 10.8. The van der Waals surface area contributed by atoms with Crippen LogP contribution in [0.5, 0.6) is 11.5 Å². The van der Waals surface area contributed by atoms with Crippen molar-refractivity contribution in [2.45, 2.75) is 0 Å². The molecule has 0 radical (unpaired) electrons. The fourth-order valence-electron chi connectivity index (χ4n) is 1.39. The number of rotatable bonds is 3. The van der Waals surface area contributed by atoms with Gasteiger partial charge in [-0.3, -0.25) is 4.79 Å². The average molecular weight is 280 g/mol. The number of phenolic OH excluding ortho intramolecular Hbond substituents is 2. The molecule has 0 fully saturated rings. The van der Waals surface area contributed by atoms with Crippen LogP contribution in [0.1, 0.15) is 16.1 Å². The minimum atomic E-state index is -0.488. The first-order chi connectivity index (χ1) is 9.08. The summed E-state index contributed by atoms with van der Waals surface area (Å²) in [5.74, 6) is -0.764. The number of aromatic hydroxyl groups is 2. The molecule has 98 valence electrons. The van der Waals surface area contributed by atoms with Crippen LogP contribution in [0.15, 0.2) is 35.6 Å². The number of phenols is 2. The van der Waals surface area contributed by atoms with Gasteiger partial charge < -0.3 is 15.2 Å². The fraction of sp³-hybridized carbons (Fsp3) is 0. The summed E-state index contributed by atoms with van der Waals surface area (Å²) < 4.78 is 0. The number of amides is 1. The number of nitrogens with one attached hydrogen (secondary N) is 2. The number of H-pyrrole nitrogens is 1. The Balaban J connectivity index is 2.06. The molecule has 7 heteroatoms. The zero-order valence-corrected chi connectivity index (χ0v) is 10.3. The van der Waals surface area contributed by atoms with Crippen LogP contribution in [0.3, 0.4) is 0 Å². The maximum absolute atomic E-state index is 11.6. The maximum Gasteiger partial charge on any atom is 0.287 e. The summed E-state index contributed by atoms with van der Waals surface area (Å²) in [7, 11) is 0. The zero-order valence-electron chi connectivity index (χ0n) is 9.59. The molecule has 6 nitrogen and oxygen atoms in total. The number of aromatic amines is 1. The summed E-state index contributed by atoms with van der Waals surface area (Å²) in [5, 5.41) is 23.0. The summed E-state index contributed by atoms with van der Waals surface area (Å²) in [5.41, 5.74) is 2.60. The van der Waals surface area contributed by atoms with E-state index in [1.54, 1.807) is 0 Å². The molecule has 4 N–H and O–H groups in total. The van der Waals surface area contributed by atoms with Gasteiger partial charge in [0.25, 0.3) is 5.91 Å². The number of carbonyl (C=O) groups is 1. The number of benzene rings is 1. The quantitative estimate of drug-likeness (QED) is 0.510. The highest BCUT2D eigenvalue weighted by atomic mass is 35.5. The summed E-state index contributed by atoms with van der Waals surface area (Å²) in [4.78, 5) is 14.2. The molecule has 0 aliphatic carbocycles. The maximum atomic E-state index is 11.6. The van der Waals surface area contributed by atoms with E-state index in [0.29, 0.717) is 5.02 Å².